The second kappa shape index (κ2) is 5.29. The molecule has 1 atom stereocenters. The second-order valence-corrected chi connectivity index (χ2v) is 4.77. The van der Waals surface area contributed by atoms with Gasteiger partial charge in [0, 0.05) is 18.7 Å². The van der Waals surface area contributed by atoms with Crippen molar-refractivity contribution >= 4 is 11.6 Å². The topological polar surface area (TPSA) is 55.6 Å². The Balaban J connectivity index is 2.14. The van der Waals surface area contributed by atoms with Crippen molar-refractivity contribution in [2.75, 3.05) is 25.9 Å². The summed E-state index contributed by atoms with van der Waals surface area (Å²) in [5, 5.41) is 0. The molecule has 1 heterocycles. The number of amides is 1. The van der Waals surface area contributed by atoms with E-state index in [-0.39, 0.29) is 5.91 Å². The number of carbonyl (C=O) groups excluding carboxylic acids is 1. The molecule has 1 aliphatic rings. The van der Waals surface area contributed by atoms with Crippen molar-refractivity contribution in [2.45, 2.75) is 19.8 Å². The third-order valence-corrected chi connectivity index (χ3v) is 3.63. The molecular weight excluding hydrogens is 228 g/mol. The van der Waals surface area contributed by atoms with Crippen LogP contribution in [-0.4, -0.2) is 31.0 Å². The SMILES string of the molecule is CCC1CCN(C(=O)c2ccc(N)c(OC)c2)C1. The molecule has 1 amide bonds. The molecule has 0 spiro atoms. The van der Waals surface area contributed by atoms with Crippen LogP contribution in [0.3, 0.4) is 0 Å². The van der Waals surface area contributed by atoms with E-state index in [0.717, 1.165) is 25.9 Å². The zero-order valence-electron chi connectivity index (χ0n) is 11.0. The number of likely N-dealkylation sites (tertiary alicyclic amines) is 1. The first-order valence-corrected chi connectivity index (χ1v) is 6.38. The highest BCUT2D eigenvalue weighted by molar-refractivity contribution is 5.95. The van der Waals surface area contributed by atoms with Gasteiger partial charge in [-0.05, 0) is 30.5 Å². The zero-order valence-corrected chi connectivity index (χ0v) is 11.0. The fraction of sp³-hybridized carbons (Fsp3) is 0.500. The van der Waals surface area contributed by atoms with Gasteiger partial charge in [-0.2, -0.15) is 0 Å². The van der Waals surface area contributed by atoms with E-state index in [1.807, 2.05) is 4.90 Å². The Hall–Kier alpha value is -1.71. The Morgan fingerprint density at radius 3 is 2.94 bits per heavy atom. The van der Waals surface area contributed by atoms with Crippen molar-refractivity contribution < 1.29 is 9.53 Å². The Kier molecular flexibility index (Phi) is 3.75. The third kappa shape index (κ3) is 2.42. The van der Waals surface area contributed by atoms with Crippen molar-refractivity contribution in [1.82, 2.24) is 4.90 Å². The van der Waals surface area contributed by atoms with Crippen LogP contribution in [0.2, 0.25) is 0 Å². The number of nitrogen functional groups attached to an aromatic ring is 1. The average molecular weight is 248 g/mol. The van der Waals surface area contributed by atoms with Crippen LogP contribution in [0.25, 0.3) is 0 Å². The number of rotatable bonds is 3. The van der Waals surface area contributed by atoms with Crippen molar-refractivity contribution in [3.05, 3.63) is 23.8 Å². The molecule has 0 aromatic heterocycles. The first kappa shape index (κ1) is 12.7. The number of hydrogen-bond acceptors (Lipinski definition) is 3. The molecule has 18 heavy (non-hydrogen) atoms. The number of nitrogens with zero attached hydrogens (tertiary/aromatic N) is 1. The first-order chi connectivity index (χ1) is 8.65. The molecule has 98 valence electrons. The molecule has 2 N–H and O–H groups in total. The van der Waals surface area contributed by atoms with Crippen LogP contribution in [0.1, 0.15) is 30.1 Å². The molecular formula is C14H20N2O2. The molecule has 1 aromatic rings. The van der Waals surface area contributed by atoms with Gasteiger partial charge in [0.1, 0.15) is 5.75 Å². The molecule has 1 unspecified atom stereocenters. The number of hydrogen-bond donors (Lipinski definition) is 1. The maximum absolute atomic E-state index is 12.3. The summed E-state index contributed by atoms with van der Waals surface area (Å²) >= 11 is 0. The molecule has 1 saturated heterocycles. The summed E-state index contributed by atoms with van der Waals surface area (Å²) in [6, 6.07) is 5.20. The lowest BCUT2D eigenvalue weighted by molar-refractivity contribution is 0.0786. The highest BCUT2D eigenvalue weighted by atomic mass is 16.5. The zero-order chi connectivity index (χ0) is 13.1. The summed E-state index contributed by atoms with van der Waals surface area (Å²) in [6.07, 6.45) is 2.24. The maximum atomic E-state index is 12.3. The van der Waals surface area contributed by atoms with Crippen molar-refractivity contribution in [3.63, 3.8) is 0 Å². The number of methoxy groups -OCH3 is 1. The van der Waals surface area contributed by atoms with Crippen molar-refractivity contribution in [2.24, 2.45) is 5.92 Å². The molecule has 0 bridgehead atoms. The lowest BCUT2D eigenvalue weighted by Gasteiger charge is -2.17. The Morgan fingerprint density at radius 2 is 2.33 bits per heavy atom. The molecule has 0 aliphatic carbocycles. The Bertz CT molecular complexity index is 445. The molecule has 2 rings (SSSR count). The first-order valence-electron chi connectivity index (χ1n) is 6.38. The van der Waals surface area contributed by atoms with E-state index in [1.165, 1.54) is 0 Å². The van der Waals surface area contributed by atoms with Gasteiger partial charge in [-0.25, -0.2) is 0 Å². The number of nitrogens with two attached hydrogens (primary N) is 1. The van der Waals surface area contributed by atoms with Crippen LogP contribution in [0, 0.1) is 5.92 Å². The molecule has 1 aliphatic heterocycles. The summed E-state index contributed by atoms with van der Waals surface area (Å²) in [4.78, 5) is 14.2. The van der Waals surface area contributed by atoms with E-state index >= 15 is 0 Å². The van der Waals surface area contributed by atoms with Gasteiger partial charge in [0.25, 0.3) is 5.91 Å². The van der Waals surface area contributed by atoms with Gasteiger partial charge in [0.05, 0.1) is 12.8 Å². The van der Waals surface area contributed by atoms with Crippen molar-refractivity contribution in [3.8, 4) is 5.75 Å². The van der Waals surface area contributed by atoms with E-state index < -0.39 is 0 Å². The fourth-order valence-corrected chi connectivity index (χ4v) is 2.38. The van der Waals surface area contributed by atoms with E-state index in [1.54, 1.807) is 25.3 Å². The van der Waals surface area contributed by atoms with Crippen LogP contribution >= 0.6 is 0 Å². The van der Waals surface area contributed by atoms with E-state index in [9.17, 15) is 4.79 Å². The third-order valence-electron chi connectivity index (χ3n) is 3.63. The monoisotopic (exact) mass is 248 g/mol. The summed E-state index contributed by atoms with van der Waals surface area (Å²) in [7, 11) is 1.56. The molecule has 1 aromatic carbocycles. The van der Waals surface area contributed by atoms with Gasteiger partial charge in [-0.3, -0.25) is 4.79 Å². The predicted molar refractivity (Wildman–Crippen MR) is 71.7 cm³/mol. The lowest BCUT2D eigenvalue weighted by Crippen LogP contribution is -2.28. The summed E-state index contributed by atoms with van der Waals surface area (Å²) in [5.74, 6) is 1.28. The van der Waals surface area contributed by atoms with Crippen LogP contribution in [0.15, 0.2) is 18.2 Å². The highest BCUT2D eigenvalue weighted by Gasteiger charge is 2.26. The molecule has 1 fully saturated rings. The predicted octanol–water partition coefficient (Wildman–Crippen LogP) is 2.15. The summed E-state index contributed by atoms with van der Waals surface area (Å²) in [5.41, 5.74) is 6.96. The van der Waals surface area contributed by atoms with Crippen molar-refractivity contribution in [1.29, 1.82) is 0 Å². The largest absolute Gasteiger partial charge is 0.495 e. The molecule has 0 saturated carbocycles. The van der Waals surface area contributed by atoms with Gasteiger partial charge >= 0.3 is 0 Å². The second-order valence-electron chi connectivity index (χ2n) is 4.77. The van der Waals surface area contributed by atoms with Gasteiger partial charge < -0.3 is 15.4 Å². The summed E-state index contributed by atoms with van der Waals surface area (Å²) < 4.78 is 5.14. The Labute approximate surface area is 108 Å². The van der Waals surface area contributed by atoms with Gasteiger partial charge in [-0.1, -0.05) is 13.3 Å². The average Bonchev–Trinajstić information content (AvgIpc) is 2.87. The van der Waals surface area contributed by atoms with E-state index in [2.05, 4.69) is 6.92 Å². The minimum absolute atomic E-state index is 0.0734. The number of anilines is 1. The minimum atomic E-state index is 0.0734. The number of carbonyl (C=O) groups is 1. The molecule has 4 heteroatoms. The maximum Gasteiger partial charge on any atom is 0.253 e. The van der Waals surface area contributed by atoms with Gasteiger partial charge in [0.15, 0.2) is 0 Å². The van der Waals surface area contributed by atoms with Crippen LogP contribution in [0.5, 0.6) is 5.75 Å². The highest BCUT2D eigenvalue weighted by Crippen LogP contribution is 2.25. The van der Waals surface area contributed by atoms with E-state index in [0.29, 0.717) is 22.9 Å². The molecule has 4 nitrogen and oxygen atoms in total. The van der Waals surface area contributed by atoms with Crippen LogP contribution in [0.4, 0.5) is 5.69 Å². The standard InChI is InChI=1S/C14H20N2O2/c1-3-10-6-7-16(9-10)14(17)11-4-5-12(15)13(8-11)18-2/h4-5,8,10H,3,6-7,9,15H2,1-2H3. The normalized spacial score (nSPS) is 19.0. The molecule has 0 radical (unpaired) electrons. The van der Waals surface area contributed by atoms with Gasteiger partial charge in [-0.15, -0.1) is 0 Å². The Morgan fingerprint density at radius 1 is 1.56 bits per heavy atom. The smallest absolute Gasteiger partial charge is 0.253 e. The minimum Gasteiger partial charge on any atom is -0.495 e. The van der Waals surface area contributed by atoms with Gasteiger partial charge in [0.2, 0.25) is 0 Å². The van der Waals surface area contributed by atoms with E-state index in [4.69, 9.17) is 10.5 Å². The van der Waals surface area contributed by atoms with Crippen LogP contribution < -0.4 is 10.5 Å². The lowest BCUT2D eigenvalue weighted by atomic mass is 10.1. The fourth-order valence-electron chi connectivity index (χ4n) is 2.38. The summed E-state index contributed by atoms with van der Waals surface area (Å²) in [6.45, 7) is 3.89. The van der Waals surface area contributed by atoms with Crippen LogP contribution in [-0.2, 0) is 0 Å². The quantitative estimate of drug-likeness (QED) is 0.834. The number of ether oxygens (including phenoxy) is 1. The number of benzene rings is 1.